The number of carbonyl (C=O) groups excluding carboxylic acids is 1. The number of allylic oxidation sites excluding steroid dienone is 1. The Morgan fingerprint density at radius 1 is 1.14 bits per heavy atom. The van der Waals surface area contributed by atoms with E-state index in [2.05, 4.69) is 12.2 Å². The molecule has 1 aliphatic heterocycles. The highest BCUT2D eigenvalue weighted by molar-refractivity contribution is 8.05. The van der Waals surface area contributed by atoms with E-state index < -0.39 is 10.7 Å². The number of carboxylic acid groups (broad SMARTS) is 1. The van der Waals surface area contributed by atoms with Gasteiger partial charge in [-0.15, -0.1) is 23.1 Å². The summed E-state index contributed by atoms with van der Waals surface area (Å²) >= 11 is 8.60. The first kappa shape index (κ1) is 28.4. The molecule has 1 amide bonds. The number of ether oxygens (including phenoxy) is 1. The molecule has 0 saturated heterocycles. The molecule has 1 aromatic heterocycles. The number of carboxylic acids is 1. The number of hydrogen-bond acceptors (Lipinski definition) is 6. The number of thiocarbonyl (C=S) groups is 1. The van der Waals surface area contributed by atoms with Crippen molar-refractivity contribution < 1.29 is 19.4 Å². The van der Waals surface area contributed by atoms with Crippen molar-refractivity contribution in [2.75, 3.05) is 5.32 Å². The second-order valence-corrected chi connectivity index (χ2v) is 11.6. The molecular formula is C28H35NO4S3. The number of unbranched alkanes of at least 4 members (excludes halogenated alkanes) is 6. The molecule has 2 N–H and O–H groups in total. The van der Waals surface area contributed by atoms with Crippen molar-refractivity contribution in [2.45, 2.75) is 82.8 Å². The maximum absolute atomic E-state index is 13.0. The van der Waals surface area contributed by atoms with Crippen molar-refractivity contribution in [3.8, 4) is 5.75 Å². The van der Waals surface area contributed by atoms with Crippen LogP contribution in [0.2, 0.25) is 0 Å². The zero-order valence-electron chi connectivity index (χ0n) is 21.0. The van der Waals surface area contributed by atoms with Crippen molar-refractivity contribution in [2.24, 2.45) is 0 Å². The highest BCUT2D eigenvalue weighted by atomic mass is 32.2. The lowest BCUT2D eigenvalue weighted by Gasteiger charge is -2.27. The summed E-state index contributed by atoms with van der Waals surface area (Å²) in [4.78, 5) is 25.6. The molecular weight excluding hydrogens is 511 g/mol. The molecule has 0 aliphatic carbocycles. The number of anilines is 1. The first-order valence-electron chi connectivity index (χ1n) is 12.7. The summed E-state index contributed by atoms with van der Waals surface area (Å²) in [7, 11) is 0. The zero-order chi connectivity index (χ0) is 26.0. The smallest absolute Gasteiger partial charge is 0.339 e. The van der Waals surface area contributed by atoms with Gasteiger partial charge in [-0.05, 0) is 72.5 Å². The molecule has 0 fully saturated rings. The minimum atomic E-state index is -1.14. The van der Waals surface area contributed by atoms with Crippen molar-refractivity contribution >= 4 is 57.9 Å². The van der Waals surface area contributed by atoms with Crippen LogP contribution in [0.25, 0.3) is 0 Å². The fraction of sp³-hybridized carbons (Fsp3) is 0.464. The SMILES string of the molecule is CCCCCCCCCc1csc(C(=O)Nc2cccc(C(=O)O)c2OC(=S)C2(CC)CC=CS2)c1. The number of nitrogens with one attached hydrogen (secondary N) is 1. The Kier molecular flexibility index (Phi) is 11.0. The van der Waals surface area contributed by atoms with Crippen LogP contribution >= 0.6 is 35.3 Å². The third-order valence-corrected chi connectivity index (χ3v) is 9.42. The van der Waals surface area contributed by atoms with Crippen LogP contribution in [-0.2, 0) is 6.42 Å². The average molecular weight is 546 g/mol. The van der Waals surface area contributed by atoms with E-state index >= 15 is 0 Å². The predicted octanol–water partition coefficient (Wildman–Crippen LogP) is 8.50. The van der Waals surface area contributed by atoms with Crippen LogP contribution in [0.5, 0.6) is 5.75 Å². The number of aryl methyl sites for hydroxylation is 1. The van der Waals surface area contributed by atoms with E-state index in [4.69, 9.17) is 17.0 Å². The number of benzene rings is 1. The van der Waals surface area contributed by atoms with Gasteiger partial charge in [0.1, 0.15) is 5.56 Å². The van der Waals surface area contributed by atoms with Crippen LogP contribution < -0.4 is 10.1 Å². The summed E-state index contributed by atoms with van der Waals surface area (Å²) in [6.45, 7) is 4.26. The molecule has 5 nitrogen and oxygen atoms in total. The number of thioether (sulfide) groups is 1. The van der Waals surface area contributed by atoms with Gasteiger partial charge in [0.2, 0.25) is 0 Å². The Balaban J connectivity index is 1.66. The first-order valence-corrected chi connectivity index (χ1v) is 14.9. The van der Waals surface area contributed by atoms with Crippen molar-refractivity contribution in [1.29, 1.82) is 0 Å². The molecule has 194 valence electrons. The summed E-state index contributed by atoms with van der Waals surface area (Å²) in [5.74, 6) is -1.35. The molecule has 1 aromatic carbocycles. The van der Waals surface area contributed by atoms with Gasteiger partial charge in [0.05, 0.1) is 15.3 Å². The van der Waals surface area contributed by atoms with E-state index in [-0.39, 0.29) is 17.2 Å². The number of aromatic carboxylic acids is 1. The zero-order valence-corrected chi connectivity index (χ0v) is 23.5. The Bertz CT molecular complexity index is 1080. The Hall–Kier alpha value is -2.16. The average Bonchev–Trinajstić information content (AvgIpc) is 3.55. The van der Waals surface area contributed by atoms with E-state index in [9.17, 15) is 14.7 Å². The molecule has 1 atom stereocenters. The van der Waals surface area contributed by atoms with E-state index in [0.717, 1.165) is 31.2 Å². The molecule has 3 rings (SSSR count). The largest absolute Gasteiger partial charge is 0.478 e. The van der Waals surface area contributed by atoms with Gasteiger partial charge in [-0.1, -0.05) is 64.5 Å². The van der Waals surface area contributed by atoms with Gasteiger partial charge < -0.3 is 15.2 Å². The molecule has 1 unspecified atom stereocenters. The number of hydrogen-bond donors (Lipinski definition) is 2. The molecule has 36 heavy (non-hydrogen) atoms. The summed E-state index contributed by atoms with van der Waals surface area (Å²) in [5, 5.41) is 17.0. The lowest BCUT2D eigenvalue weighted by Crippen LogP contribution is -2.35. The second-order valence-electron chi connectivity index (χ2n) is 9.06. The van der Waals surface area contributed by atoms with Crippen molar-refractivity contribution in [1.82, 2.24) is 0 Å². The standard InChI is InChI=1S/C28H35NO4S3/c1-3-5-6-7-8-9-10-13-20-18-23(35-19-20)25(30)29-22-15-11-14-21(26(31)32)24(22)33-27(34)28(4-2)16-12-17-36-28/h11-12,14-15,17-19H,3-10,13,16H2,1-2H3,(H,29,30)(H,31,32). The number of carbonyl (C=O) groups is 2. The van der Waals surface area contributed by atoms with Crippen molar-refractivity contribution in [3.05, 3.63) is 57.1 Å². The Morgan fingerprint density at radius 3 is 2.56 bits per heavy atom. The van der Waals surface area contributed by atoms with Crippen LogP contribution in [0, 0.1) is 0 Å². The van der Waals surface area contributed by atoms with Crippen LogP contribution in [0.4, 0.5) is 5.69 Å². The summed E-state index contributed by atoms with van der Waals surface area (Å²) in [6, 6.07) is 6.63. The first-order chi connectivity index (χ1) is 17.4. The van der Waals surface area contributed by atoms with Crippen LogP contribution in [0.1, 0.15) is 97.2 Å². The maximum Gasteiger partial charge on any atom is 0.339 e. The quantitative estimate of drug-likeness (QED) is 0.183. The van der Waals surface area contributed by atoms with Gasteiger partial charge in [0.15, 0.2) is 10.8 Å². The van der Waals surface area contributed by atoms with Crippen LogP contribution in [0.15, 0.2) is 41.1 Å². The third-order valence-electron chi connectivity index (χ3n) is 6.42. The normalized spacial score (nSPS) is 16.7. The lowest BCUT2D eigenvalue weighted by atomic mass is 10.0. The number of para-hydroxylation sites is 1. The van der Waals surface area contributed by atoms with E-state index in [1.54, 1.807) is 23.9 Å². The van der Waals surface area contributed by atoms with E-state index in [1.165, 1.54) is 55.9 Å². The molecule has 0 bridgehead atoms. The van der Waals surface area contributed by atoms with Crippen LogP contribution in [-0.4, -0.2) is 26.8 Å². The van der Waals surface area contributed by atoms with Gasteiger partial charge in [-0.2, -0.15) is 0 Å². The third kappa shape index (κ3) is 7.43. The molecule has 2 heterocycles. The number of amides is 1. The van der Waals surface area contributed by atoms with Crippen molar-refractivity contribution in [3.63, 3.8) is 0 Å². The van der Waals surface area contributed by atoms with Gasteiger partial charge in [-0.25, -0.2) is 4.79 Å². The summed E-state index contributed by atoms with van der Waals surface area (Å²) in [6.07, 6.45) is 13.2. The topological polar surface area (TPSA) is 75.6 Å². The fourth-order valence-electron chi connectivity index (χ4n) is 4.16. The Morgan fingerprint density at radius 2 is 1.89 bits per heavy atom. The summed E-state index contributed by atoms with van der Waals surface area (Å²) in [5.41, 5.74) is 1.42. The van der Waals surface area contributed by atoms with Gasteiger partial charge in [0.25, 0.3) is 5.91 Å². The molecule has 0 saturated carbocycles. The molecule has 0 spiro atoms. The highest BCUT2D eigenvalue weighted by Crippen LogP contribution is 2.42. The van der Waals surface area contributed by atoms with Gasteiger partial charge in [-0.3, -0.25) is 4.79 Å². The van der Waals surface area contributed by atoms with E-state index in [0.29, 0.717) is 15.6 Å². The van der Waals surface area contributed by atoms with E-state index in [1.807, 2.05) is 29.9 Å². The lowest BCUT2D eigenvalue weighted by molar-refractivity contribution is 0.0694. The molecule has 8 heteroatoms. The highest BCUT2D eigenvalue weighted by Gasteiger charge is 2.37. The number of thiophene rings is 1. The molecule has 1 aliphatic rings. The predicted molar refractivity (Wildman–Crippen MR) is 155 cm³/mol. The minimum Gasteiger partial charge on any atom is -0.478 e. The van der Waals surface area contributed by atoms with Gasteiger partial charge in [0, 0.05) is 0 Å². The van der Waals surface area contributed by atoms with Gasteiger partial charge >= 0.3 is 5.97 Å². The maximum atomic E-state index is 13.0. The fourth-order valence-corrected chi connectivity index (χ4v) is 6.41. The molecule has 0 radical (unpaired) electrons. The summed E-state index contributed by atoms with van der Waals surface area (Å²) < 4.78 is 5.62. The minimum absolute atomic E-state index is 0.0387. The number of rotatable bonds is 14. The molecule has 2 aromatic rings. The monoisotopic (exact) mass is 545 g/mol. The Labute approximate surface area is 227 Å². The second kappa shape index (κ2) is 14.0. The van der Waals surface area contributed by atoms with Crippen LogP contribution in [0.3, 0.4) is 0 Å².